The molecular formula is C16H28N2O3. The Balaban J connectivity index is 1.58. The summed E-state index contributed by atoms with van der Waals surface area (Å²) in [5, 5.41) is 0. The van der Waals surface area contributed by atoms with E-state index in [0.29, 0.717) is 24.7 Å². The third kappa shape index (κ3) is 3.25. The molecule has 1 amide bonds. The van der Waals surface area contributed by atoms with Gasteiger partial charge in [0.15, 0.2) is 0 Å². The highest BCUT2D eigenvalue weighted by atomic mass is 16.5. The Kier molecular flexibility index (Phi) is 4.52. The summed E-state index contributed by atoms with van der Waals surface area (Å²) in [6.45, 7) is 6.12. The van der Waals surface area contributed by atoms with Gasteiger partial charge >= 0.3 is 0 Å². The molecule has 0 aromatic heterocycles. The van der Waals surface area contributed by atoms with Crippen LogP contribution < -0.4 is 0 Å². The average Bonchev–Trinajstić information content (AvgIpc) is 2.68. The van der Waals surface area contributed by atoms with Crippen LogP contribution in [-0.2, 0) is 14.3 Å². The van der Waals surface area contributed by atoms with Crippen LogP contribution in [0, 0.1) is 0 Å². The van der Waals surface area contributed by atoms with Crippen LogP contribution in [0.4, 0.5) is 0 Å². The van der Waals surface area contributed by atoms with Crippen LogP contribution in [-0.4, -0.2) is 72.8 Å². The highest BCUT2D eigenvalue weighted by Crippen LogP contribution is 2.36. The van der Waals surface area contributed by atoms with Crippen molar-refractivity contribution in [2.75, 3.05) is 26.7 Å². The minimum Gasteiger partial charge on any atom is -0.381 e. The zero-order chi connectivity index (χ0) is 15.0. The Morgan fingerprint density at radius 3 is 2.24 bits per heavy atom. The van der Waals surface area contributed by atoms with Gasteiger partial charge in [-0.05, 0) is 39.5 Å². The number of piperidine rings is 1. The molecule has 21 heavy (non-hydrogen) atoms. The fraction of sp³-hybridized carbons (Fsp3) is 0.938. The lowest BCUT2D eigenvalue weighted by molar-refractivity contribution is -0.146. The zero-order valence-electron chi connectivity index (χ0n) is 13.5. The molecule has 0 aliphatic carbocycles. The van der Waals surface area contributed by atoms with Crippen molar-refractivity contribution in [1.29, 1.82) is 0 Å². The molecule has 3 rings (SSSR count). The number of morpholine rings is 1. The molecule has 5 heteroatoms. The van der Waals surface area contributed by atoms with Crippen LogP contribution >= 0.6 is 0 Å². The second kappa shape index (κ2) is 6.23. The van der Waals surface area contributed by atoms with Crippen molar-refractivity contribution in [3.63, 3.8) is 0 Å². The van der Waals surface area contributed by atoms with E-state index in [1.165, 1.54) is 12.8 Å². The van der Waals surface area contributed by atoms with Crippen LogP contribution in [0.2, 0.25) is 0 Å². The molecule has 0 N–H and O–H groups in total. The van der Waals surface area contributed by atoms with Crippen LogP contribution in [0.3, 0.4) is 0 Å². The quantitative estimate of drug-likeness (QED) is 0.786. The molecular weight excluding hydrogens is 268 g/mol. The standard InChI is InChI=1S/C16H28N2O3/c1-11-8-17(9-12(2)21-11)16(19)10-18-13-4-5-14(18)7-15(6-13)20-3/h11-15H,4-10H2,1-3H3/t11-,12+,13-,14+,15?. The van der Waals surface area contributed by atoms with Crippen LogP contribution in [0.1, 0.15) is 39.5 Å². The maximum Gasteiger partial charge on any atom is 0.236 e. The lowest BCUT2D eigenvalue weighted by atomic mass is 9.99. The largest absolute Gasteiger partial charge is 0.381 e. The van der Waals surface area contributed by atoms with Crippen LogP contribution in [0.15, 0.2) is 0 Å². The summed E-state index contributed by atoms with van der Waals surface area (Å²) in [5.74, 6) is 0.268. The van der Waals surface area contributed by atoms with Gasteiger partial charge in [-0.2, -0.15) is 0 Å². The van der Waals surface area contributed by atoms with Crippen molar-refractivity contribution in [2.45, 2.75) is 69.9 Å². The van der Waals surface area contributed by atoms with E-state index in [4.69, 9.17) is 9.47 Å². The zero-order valence-corrected chi connectivity index (χ0v) is 13.5. The molecule has 0 spiro atoms. The summed E-state index contributed by atoms with van der Waals surface area (Å²) in [5.41, 5.74) is 0. The van der Waals surface area contributed by atoms with Crippen molar-refractivity contribution in [3.05, 3.63) is 0 Å². The van der Waals surface area contributed by atoms with E-state index in [1.807, 2.05) is 18.7 Å². The first-order valence-electron chi connectivity index (χ1n) is 8.28. The Hall–Kier alpha value is -0.650. The number of methoxy groups -OCH3 is 1. The lowest BCUT2D eigenvalue weighted by Gasteiger charge is -2.40. The predicted octanol–water partition coefficient (Wildman–Crippen LogP) is 1.26. The van der Waals surface area contributed by atoms with Crippen molar-refractivity contribution < 1.29 is 14.3 Å². The van der Waals surface area contributed by atoms with Gasteiger partial charge < -0.3 is 14.4 Å². The number of hydrogen-bond donors (Lipinski definition) is 0. The SMILES string of the molecule is COC1C[C@H]2CC[C@@H](C1)N2CC(=O)N1C[C@@H](C)O[C@@H](C)C1. The molecule has 5 nitrogen and oxygen atoms in total. The summed E-state index contributed by atoms with van der Waals surface area (Å²) in [6, 6.07) is 1.07. The van der Waals surface area contributed by atoms with E-state index in [9.17, 15) is 4.79 Å². The molecule has 3 saturated heterocycles. The highest BCUT2D eigenvalue weighted by Gasteiger charge is 2.42. The molecule has 3 aliphatic rings. The van der Waals surface area contributed by atoms with E-state index in [-0.39, 0.29) is 18.1 Å². The fourth-order valence-electron chi connectivity index (χ4n) is 4.31. The molecule has 3 heterocycles. The second-order valence-corrected chi connectivity index (χ2v) is 6.94. The van der Waals surface area contributed by atoms with Crippen molar-refractivity contribution >= 4 is 5.91 Å². The third-order valence-electron chi connectivity index (χ3n) is 5.26. The molecule has 0 aromatic rings. The normalized spacial score (nSPS) is 40.5. The molecule has 2 bridgehead atoms. The molecule has 0 radical (unpaired) electrons. The van der Waals surface area contributed by atoms with Crippen LogP contribution in [0.25, 0.3) is 0 Å². The average molecular weight is 296 g/mol. The van der Waals surface area contributed by atoms with Gasteiger partial charge in [0.25, 0.3) is 0 Å². The van der Waals surface area contributed by atoms with E-state index in [2.05, 4.69) is 4.90 Å². The fourth-order valence-corrected chi connectivity index (χ4v) is 4.31. The van der Waals surface area contributed by atoms with Gasteiger partial charge in [-0.3, -0.25) is 9.69 Å². The number of carbonyl (C=O) groups excluding carboxylic acids is 1. The Labute approximate surface area is 127 Å². The number of fused-ring (bicyclic) bond motifs is 2. The maximum atomic E-state index is 12.6. The predicted molar refractivity (Wildman–Crippen MR) is 80.1 cm³/mol. The molecule has 5 atom stereocenters. The van der Waals surface area contributed by atoms with Gasteiger partial charge in [0.05, 0.1) is 24.9 Å². The highest BCUT2D eigenvalue weighted by molar-refractivity contribution is 5.78. The minimum absolute atomic E-state index is 0.147. The Morgan fingerprint density at radius 2 is 1.71 bits per heavy atom. The second-order valence-electron chi connectivity index (χ2n) is 6.94. The number of nitrogens with zero attached hydrogens (tertiary/aromatic N) is 2. The number of hydrogen-bond acceptors (Lipinski definition) is 4. The van der Waals surface area contributed by atoms with Gasteiger partial charge in [-0.15, -0.1) is 0 Å². The van der Waals surface area contributed by atoms with E-state index < -0.39 is 0 Å². The lowest BCUT2D eigenvalue weighted by Crippen LogP contribution is -2.54. The van der Waals surface area contributed by atoms with E-state index in [0.717, 1.165) is 25.9 Å². The van der Waals surface area contributed by atoms with Gasteiger partial charge in [-0.25, -0.2) is 0 Å². The summed E-state index contributed by atoms with van der Waals surface area (Å²) in [6.07, 6.45) is 5.27. The van der Waals surface area contributed by atoms with Crippen molar-refractivity contribution in [1.82, 2.24) is 9.80 Å². The first-order chi connectivity index (χ1) is 10.1. The topological polar surface area (TPSA) is 42.0 Å². The summed E-state index contributed by atoms with van der Waals surface area (Å²) in [7, 11) is 1.81. The molecule has 3 aliphatic heterocycles. The van der Waals surface area contributed by atoms with Gasteiger partial charge in [0.1, 0.15) is 0 Å². The molecule has 0 aromatic carbocycles. The maximum absolute atomic E-state index is 12.6. The smallest absolute Gasteiger partial charge is 0.236 e. The summed E-state index contributed by atoms with van der Waals surface area (Å²) in [4.78, 5) is 17.0. The Bertz CT molecular complexity index is 366. The molecule has 3 fully saturated rings. The van der Waals surface area contributed by atoms with Crippen LogP contribution in [0.5, 0.6) is 0 Å². The number of carbonyl (C=O) groups is 1. The number of ether oxygens (including phenoxy) is 2. The number of rotatable bonds is 3. The van der Waals surface area contributed by atoms with Crippen molar-refractivity contribution in [3.8, 4) is 0 Å². The van der Waals surface area contributed by atoms with Gasteiger partial charge in [0, 0.05) is 32.3 Å². The van der Waals surface area contributed by atoms with Gasteiger partial charge in [0.2, 0.25) is 5.91 Å². The monoisotopic (exact) mass is 296 g/mol. The first kappa shape index (κ1) is 15.3. The molecule has 0 saturated carbocycles. The summed E-state index contributed by atoms with van der Waals surface area (Å²) < 4.78 is 11.2. The molecule has 120 valence electrons. The Morgan fingerprint density at radius 1 is 1.14 bits per heavy atom. The van der Waals surface area contributed by atoms with Crippen molar-refractivity contribution in [2.24, 2.45) is 0 Å². The van der Waals surface area contributed by atoms with E-state index >= 15 is 0 Å². The minimum atomic E-state index is 0.147. The molecule has 1 unspecified atom stereocenters. The summed E-state index contributed by atoms with van der Waals surface area (Å²) >= 11 is 0. The van der Waals surface area contributed by atoms with E-state index in [1.54, 1.807) is 7.11 Å². The number of amides is 1. The first-order valence-corrected chi connectivity index (χ1v) is 8.28. The third-order valence-corrected chi connectivity index (χ3v) is 5.26. The van der Waals surface area contributed by atoms with Gasteiger partial charge in [-0.1, -0.05) is 0 Å².